The SMILES string of the molecule is C=CC(C)(O)/C=C/C1=C(C)C(=O)C(O)CC1(C)C.C=CC(C)(O)C#CC1=C(C)C(=O)C(=O)CC1(C)C. The van der Waals surface area contributed by atoms with E-state index in [4.69, 9.17) is 0 Å². The smallest absolute Gasteiger partial charge is 0.225 e. The molecule has 0 saturated carbocycles. The highest BCUT2D eigenvalue weighted by molar-refractivity contribution is 6.44. The van der Waals surface area contributed by atoms with Gasteiger partial charge in [-0.15, -0.1) is 0 Å². The first-order chi connectivity index (χ1) is 16.2. The summed E-state index contributed by atoms with van der Waals surface area (Å²) in [6, 6.07) is 0. The quantitative estimate of drug-likeness (QED) is 0.309. The highest BCUT2D eigenvalue weighted by atomic mass is 16.3. The molecule has 0 aromatic rings. The molecule has 2 rings (SSSR count). The minimum Gasteiger partial charge on any atom is -0.385 e. The Balaban J connectivity index is 0.000000360. The number of allylic oxidation sites excluding steroid dienone is 4. The Kier molecular flexibility index (Phi) is 9.56. The summed E-state index contributed by atoms with van der Waals surface area (Å²) in [4.78, 5) is 35.0. The molecule has 3 N–H and O–H groups in total. The molecule has 6 heteroatoms. The maximum Gasteiger partial charge on any atom is 0.225 e. The summed E-state index contributed by atoms with van der Waals surface area (Å²) in [6.07, 6.45) is 5.79. The van der Waals surface area contributed by atoms with Crippen molar-refractivity contribution in [2.45, 2.75) is 85.5 Å². The Labute approximate surface area is 215 Å². The first-order valence-corrected chi connectivity index (χ1v) is 11.9. The maximum absolute atomic E-state index is 11.8. The Morgan fingerprint density at radius 1 is 0.972 bits per heavy atom. The van der Waals surface area contributed by atoms with E-state index < -0.39 is 28.5 Å². The number of carbonyl (C=O) groups excluding carboxylic acids is 3. The highest BCUT2D eigenvalue weighted by Gasteiger charge is 2.38. The third kappa shape index (κ3) is 7.57. The number of aliphatic hydroxyl groups is 3. The maximum atomic E-state index is 11.8. The Morgan fingerprint density at radius 3 is 2.03 bits per heavy atom. The molecule has 0 amide bonds. The van der Waals surface area contributed by atoms with E-state index in [0.29, 0.717) is 23.1 Å². The zero-order chi connectivity index (χ0) is 28.3. The summed E-state index contributed by atoms with van der Waals surface area (Å²) in [5.41, 5.74) is -0.728. The molecule has 3 unspecified atom stereocenters. The fraction of sp³-hybridized carbons (Fsp3) is 0.500. The lowest BCUT2D eigenvalue weighted by molar-refractivity contribution is -0.136. The standard InChI is InChI=1S/C15H22O3.C15H18O3/c2*1-6-15(5,18)8-7-11-10(2)13(17)12(16)9-14(11,3)4/h6-8,12,16,18H,1,9H2,2-5H3;6,18H,1,9H2,2-5H3/b8-7+;. The molecule has 196 valence electrons. The van der Waals surface area contributed by atoms with Crippen molar-refractivity contribution >= 4 is 17.3 Å². The molecule has 0 saturated heterocycles. The van der Waals surface area contributed by atoms with E-state index in [9.17, 15) is 29.7 Å². The molecule has 2 aliphatic carbocycles. The Hall–Kier alpha value is -2.85. The predicted octanol–water partition coefficient (Wildman–Crippen LogP) is 3.97. The van der Waals surface area contributed by atoms with Gasteiger partial charge in [0.1, 0.15) is 11.7 Å². The zero-order valence-corrected chi connectivity index (χ0v) is 22.8. The van der Waals surface area contributed by atoms with Gasteiger partial charge in [0.15, 0.2) is 5.78 Å². The number of hydrogen-bond donors (Lipinski definition) is 3. The molecule has 0 fully saturated rings. The molecule has 6 nitrogen and oxygen atoms in total. The van der Waals surface area contributed by atoms with Crippen molar-refractivity contribution in [3.8, 4) is 11.8 Å². The van der Waals surface area contributed by atoms with Gasteiger partial charge in [0, 0.05) is 23.0 Å². The first-order valence-electron chi connectivity index (χ1n) is 11.9. The number of ketones is 3. The van der Waals surface area contributed by atoms with E-state index in [0.717, 1.165) is 5.57 Å². The normalized spacial score (nSPS) is 24.8. The Bertz CT molecular complexity index is 1110. The van der Waals surface area contributed by atoms with Crippen LogP contribution in [0.5, 0.6) is 0 Å². The molecular weight excluding hydrogens is 456 g/mol. The summed E-state index contributed by atoms with van der Waals surface area (Å²) >= 11 is 0. The van der Waals surface area contributed by atoms with Gasteiger partial charge < -0.3 is 15.3 Å². The predicted molar refractivity (Wildman–Crippen MR) is 142 cm³/mol. The molecule has 0 radical (unpaired) electrons. The molecule has 0 aromatic heterocycles. The van der Waals surface area contributed by atoms with Gasteiger partial charge >= 0.3 is 0 Å². The third-order valence-electron chi connectivity index (χ3n) is 6.60. The van der Waals surface area contributed by atoms with Gasteiger partial charge in [-0.2, -0.15) is 0 Å². The van der Waals surface area contributed by atoms with Gasteiger partial charge in [0.05, 0.1) is 5.60 Å². The van der Waals surface area contributed by atoms with Crippen molar-refractivity contribution in [1.29, 1.82) is 0 Å². The van der Waals surface area contributed by atoms with E-state index in [-0.39, 0.29) is 23.4 Å². The molecule has 0 bridgehead atoms. The van der Waals surface area contributed by atoms with Crippen LogP contribution in [0.1, 0.15) is 68.2 Å². The second-order valence-corrected chi connectivity index (χ2v) is 11.2. The van der Waals surface area contributed by atoms with Crippen LogP contribution in [0.4, 0.5) is 0 Å². The van der Waals surface area contributed by atoms with E-state index in [1.165, 1.54) is 19.1 Å². The van der Waals surface area contributed by atoms with Crippen LogP contribution in [-0.2, 0) is 14.4 Å². The molecular formula is C30H40O6. The number of hydrogen-bond acceptors (Lipinski definition) is 6. The van der Waals surface area contributed by atoms with Gasteiger partial charge in [-0.3, -0.25) is 14.4 Å². The van der Waals surface area contributed by atoms with Crippen LogP contribution in [0.25, 0.3) is 0 Å². The number of rotatable bonds is 4. The number of carbonyl (C=O) groups is 3. The van der Waals surface area contributed by atoms with Crippen LogP contribution in [0.3, 0.4) is 0 Å². The number of Topliss-reactive ketones (excluding diaryl/α,β-unsaturated/α-hetero) is 3. The van der Waals surface area contributed by atoms with Crippen molar-refractivity contribution in [2.24, 2.45) is 10.8 Å². The topological polar surface area (TPSA) is 112 Å². The van der Waals surface area contributed by atoms with E-state index >= 15 is 0 Å². The lowest BCUT2D eigenvalue weighted by Gasteiger charge is -2.35. The average molecular weight is 497 g/mol. The summed E-state index contributed by atoms with van der Waals surface area (Å²) in [6.45, 7) is 21.2. The Morgan fingerprint density at radius 2 is 1.53 bits per heavy atom. The second-order valence-electron chi connectivity index (χ2n) is 11.2. The first kappa shape index (κ1) is 31.2. The zero-order valence-electron chi connectivity index (χ0n) is 22.8. The lowest BCUT2D eigenvalue weighted by Crippen LogP contribution is -2.35. The van der Waals surface area contributed by atoms with Crippen LogP contribution >= 0.6 is 0 Å². The summed E-state index contributed by atoms with van der Waals surface area (Å²) in [5, 5.41) is 29.3. The molecule has 0 aromatic carbocycles. The van der Waals surface area contributed by atoms with Gasteiger partial charge in [0.2, 0.25) is 11.6 Å². The third-order valence-corrected chi connectivity index (χ3v) is 6.60. The van der Waals surface area contributed by atoms with Crippen molar-refractivity contribution in [2.75, 3.05) is 0 Å². The lowest BCUT2D eigenvalue weighted by atomic mass is 9.71. The molecule has 0 spiro atoms. The van der Waals surface area contributed by atoms with Crippen molar-refractivity contribution in [1.82, 2.24) is 0 Å². The van der Waals surface area contributed by atoms with E-state index in [2.05, 4.69) is 25.0 Å². The molecule has 2 aliphatic rings. The van der Waals surface area contributed by atoms with Gasteiger partial charge in [-0.25, -0.2) is 0 Å². The van der Waals surface area contributed by atoms with Crippen molar-refractivity contribution in [3.63, 3.8) is 0 Å². The van der Waals surface area contributed by atoms with Gasteiger partial charge in [0.25, 0.3) is 0 Å². The van der Waals surface area contributed by atoms with Crippen molar-refractivity contribution in [3.05, 3.63) is 59.8 Å². The van der Waals surface area contributed by atoms with Crippen LogP contribution in [0.2, 0.25) is 0 Å². The average Bonchev–Trinajstić information content (AvgIpc) is 2.75. The van der Waals surface area contributed by atoms with Crippen molar-refractivity contribution < 1.29 is 29.7 Å². The summed E-state index contributed by atoms with van der Waals surface area (Å²) < 4.78 is 0. The number of aliphatic hydroxyl groups excluding tert-OH is 1. The van der Waals surface area contributed by atoms with Crippen LogP contribution < -0.4 is 0 Å². The largest absolute Gasteiger partial charge is 0.385 e. The van der Waals surface area contributed by atoms with E-state index in [1.807, 2.05) is 27.7 Å². The van der Waals surface area contributed by atoms with E-state index in [1.54, 1.807) is 32.9 Å². The fourth-order valence-corrected chi connectivity index (χ4v) is 4.15. The molecule has 0 aliphatic heterocycles. The van der Waals surface area contributed by atoms with Gasteiger partial charge in [-0.05, 0) is 62.8 Å². The van der Waals surface area contributed by atoms with Crippen LogP contribution in [0.15, 0.2) is 59.8 Å². The fourth-order valence-electron chi connectivity index (χ4n) is 4.15. The minimum atomic E-state index is -1.30. The highest BCUT2D eigenvalue weighted by Crippen LogP contribution is 2.40. The minimum absolute atomic E-state index is 0.156. The second kappa shape index (κ2) is 11.0. The molecule has 36 heavy (non-hydrogen) atoms. The molecule has 3 atom stereocenters. The monoisotopic (exact) mass is 496 g/mol. The summed E-state index contributed by atoms with van der Waals surface area (Å²) in [5.74, 6) is 4.42. The summed E-state index contributed by atoms with van der Waals surface area (Å²) in [7, 11) is 0. The van der Waals surface area contributed by atoms with Gasteiger partial charge in [-0.1, -0.05) is 64.8 Å². The molecule has 0 heterocycles. The van der Waals surface area contributed by atoms with Crippen LogP contribution in [-0.4, -0.2) is 50.0 Å². The van der Waals surface area contributed by atoms with Crippen LogP contribution in [0, 0.1) is 22.7 Å².